The van der Waals surface area contributed by atoms with Gasteiger partial charge in [-0.15, -0.1) is 50.5 Å². The van der Waals surface area contributed by atoms with Crippen LogP contribution in [0.4, 0.5) is 0 Å². The highest BCUT2D eigenvalue weighted by Gasteiger charge is 2.19. The molecule has 132 valence electrons. The van der Waals surface area contributed by atoms with Gasteiger partial charge in [-0.25, -0.2) is 0 Å². The summed E-state index contributed by atoms with van der Waals surface area (Å²) in [5, 5.41) is 6.50. The summed E-state index contributed by atoms with van der Waals surface area (Å²) in [6.07, 6.45) is 0. The maximum atomic E-state index is 4.92. The molecule has 0 saturated carbocycles. The first-order valence-corrected chi connectivity index (χ1v) is 10.2. The molecular weight excluding hydrogens is 393 g/mol. The Morgan fingerprint density at radius 2 is 0.615 bits per heavy atom. The minimum absolute atomic E-state index is 0.941. The SMILES string of the molecule is Cc1cc2c(S)c3c(S)c4cc(C)c(C)cc4c(S)c3c(S)c2cc1C. The van der Waals surface area contributed by atoms with Crippen LogP contribution in [-0.4, -0.2) is 0 Å². The quantitative estimate of drug-likeness (QED) is 0.166. The van der Waals surface area contributed by atoms with E-state index in [9.17, 15) is 0 Å². The lowest BCUT2D eigenvalue weighted by atomic mass is 9.94. The van der Waals surface area contributed by atoms with Gasteiger partial charge in [-0.1, -0.05) is 0 Å². The molecule has 0 fully saturated rings. The second-order valence-electron chi connectivity index (χ2n) is 7.11. The zero-order valence-corrected chi connectivity index (χ0v) is 18.7. The van der Waals surface area contributed by atoms with Crippen molar-refractivity contribution in [2.24, 2.45) is 0 Å². The summed E-state index contributed by atoms with van der Waals surface area (Å²) < 4.78 is 0. The van der Waals surface area contributed by atoms with E-state index >= 15 is 0 Å². The van der Waals surface area contributed by atoms with E-state index in [1.165, 1.54) is 22.3 Å². The Kier molecular flexibility index (Phi) is 4.47. The fraction of sp³-hybridized carbons (Fsp3) is 0.182. The molecule has 4 aromatic rings. The number of fused-ring (bicyclic) bond motifs is 3. The summed E-state index contributed by atoms with van der Waals surface area (Å²) >= 11 is 19.7. The van der Waals surface area contributed by atoms with Crippen LogP contribution in [0.3, 0.4) is 0 Å². The lowest BCUT2D eigenvalue weighted by Crippen LogP contribution is -1.93. The Labute approximate surface area is 176 Å². The Balaban J connectivity index is 2.37. The van der Waals surface area contributed by atoms with E-state index in [1.54, 1.807) is 0 Å². The van der Waals surface area contributed by atoms with Crippen LogP contribution >= 0.6 is 50.5 Å². The maximum Gasteiger partial charge on any atom is 0.0210 e. The molecule has 4 heteroatoms. The monoisotopic (exact) mass is 412 g/mol. The minimum atomic E-state index is 0.941. The zero-order valence-electron chi connectivity index (χ0n) is 15.1. The molecule has 0 bridgehead atoms. The second kappa shape index (κ2) is 6.30. The van der Waals surface area contributed by atoms with Crippen molar-refractivity contribution in [3.05, 3.63) is 46.5 Å². The first kappa shape index (κ1) is 18.4. The molecule has 0 N–H and O–H groups in total. The van der Waals surface area contributed by atoms with Crippen LogP contribution in [0.15, 0.2) is 43.8 Å². The highest BCUT2D eigenvalue weighted by molar-refractivity contribution is 7.83. The van der Waals surface area contributed by atoms with E-state index in [4.69, 9.17) is 50.5 Å². The van der Waals surface area contributed by atoms with Gasteiger partial charge in [0.25, 0.3) is 0 Å². The van der Waals surface area contributed by atoms with Crippen LogP contribution in [0.5, 0.6) is 0 Å². The third-order valence-corrected chi connectivity index (χ3v) is 7.34. The van der Waals surface area contributed by atoms with E-state index < -0.39 is 0 Å². The van der Waals surface area contributed by atoms with Crippen molar-refractivity contribution in [2.45, 2.75) is 47.3 Å². The van der Waals surface area contributed by atoms with Crippen molar-refractivity contribution < 1.29 is 0 Å². The lowest BCUT2D eigenvalue weighted by Gasteiger charge is -2.19. The Morgan fingerprint density at radius 1 is 0.423 bits per heavy atom. The second-order valence-corrected chi connectivity index (χ2v) is 8.90. The average molecular weight is 413 g/mol. The summed E-state index contributed by atoms with van der Waals surface area (Å²) in [7, 11) is 0. The zero-order chi connectivity index (χ0) is 18.9. The first-order valence-electron chi connectivity index (χ1n) is 8.45. The van der Waals surface area contributed by atoms with Crippen LogP contribution in [0.1, 0.15) is 22.3 Å². The summed E-state index contributed by atoms with van der Waals surface area (Å²) in [5.41, 5.74) is 5.00. The number of hydrogen-bond donors (Lipinski definition) is 4. The van der Waals surface area contributed by atoms with Gasteiger partial charge in [0.1, 0.15) is 0 Å². The van der Waals surface area contributed by atoms with Gasteiger partial charge in [0.05, 0.1) is 0 Å². The normalized spacial score (nSPS) is 11.8. The van der Waals surface area contributed by atoms with Crippen molar-refractivity contribution in [3.8, 4) is 0 Å². The molecule has 4 rings (SSSR count). The summed E-state index contributed by atoms with van der Waals surface area (Å²) in [6, 6.07) is 8.79. The maximum absolute atomic E-state index is 4.92. The smallest absolute Gasteiger partial charge is 0.0210 e. The van der Waals surface area contributed by atoms with E-state index in [1.807, 2.05) is 0 Å². The summed E-state index contributed by atoms with van der Waals surface area (Å²) in [6.45, 7) is 8.51. The molecule has 0 aliphatic rings. The van der Waals surface area contributed by atoms with Crippen LogP contribution < -0.4 is 0 Å². The highest BCUT2D eigenvalue weighted by atomic mass is 32.1. The van der Waals surface area contributed by atoms with Crippen molar-refractivity contribution in [2.75, 3.05) is 0 Å². The van der Waals surface area contributed by atoms with Gasteiger partial charge in [0.15, 0.2) is 0 Å². The van der Waals surface area contributed by atoms with E-state index in [-0.39, 0.29) is 0 Å². The van der Waals surface area contributed by atoms with Crippen LogP contribution in [0.2, 0.25) is 0 Å². The van der Waals surface area contributed by atoms with Crippen LogP contribution in [0, 0.1) is 27.7 Å². The predicted octanol–water partition coefficient (Wildman–Crippen LogP) is 7.53. The Hall–Kier alpha value is -0.940. The minimum Gasteiger partial charge on any atom is -0.142 e. The van der Waals surface area contributed by atoms with E-state index in [2.05, 4.69) is 52.0 Å². The number of hydrogen-bond acceptors (Lipinski definition) is 4. The third kappa shape index (κ3) is 2.50. The van der Waals surface area contributed by atoms with Crippen molar-refractivity contribution >= 4 is 82.8 Å². The van der Waals surface area contributed by atoms with Gasteiger partial charge in [-0.2, -0.15) is 0 Å². The molecule has 0 amide bonds. The summed E-state index contributed by atoms with van der Waals surface area (Å²) in [4.78, 5) is 3.76. The molecule has 0 atom stereocenters. The van der Waals surface area contributed by atoms with E-state index in [0.717, 1.165) is 51.9 Å². The van der Waals surface area contributed by atoms with E-state index in [0.29, 0.717) is 0 Å². The molecule has 0 unspecified atom stereocenters. The Morgan fingerprint density at radius 3 is 0.808 bits per heavy atom. The predicted molar refractivity (Wildman–Crippen MR) is 127 cm³/mol. The standard InChI is InChI=1S/C22H20S4/c1-9-5-13-14(6-10(9)2)20(24)18-17(19(13)23)21(25)15-7-11(3)12(4)8-16(15)22(18)26/h5-8,23-26H,1-4H3. The molecule has 26 heavy (non-hydrogen) atoms. The molecule has 0 spiro atoms. The van der Waals surface area contributed by atoms with Crippen LogP contribution in [0.25, 0.3) is 32.3 Å². The van der Waals surface area contributed by atoms with Gasteiger partial charge in [-0.3, -0.25) is 0 Å². The molecule has 0 aliphatic heterocycles. The van der Waals surface area contributed by atoms with Gasteiger partial charge >= 0.3 is 0 Å². The topological polar surface area (TPSA) is 0 Å². The van der Waals surface area contributed by atoms with Gasteiger partial charge < -0.3 is 0 Å². The van der Waals surface area contributed by atoms with Gasteiger partial charge in [-0.05, 0) is 95.8 Å². The molecule has 0 aliphatic carbocycles. The fourth-order valence-electron chi connectivity index (χ4n) is 3.65. The highest BCUT2D eigenvalue weighted by Crippen LogP contribution is 2.47. The van der Waals surface area contributed by atoms with Crippen LogP contribution in [-0.2, 0) is 0 Å². The van der Waals surface area contributed by atoms with Gasteiger partial charge in [0.2, 0.25) is 0 Å². The molecule has 0 radical (unpaired) electrons. The largest absolute Gasteiger partial charge is 0.142 e. The fourth-order valence-corrected chi connectivity index (χ4v) is 5.46. The number of thiol groups is 4. The number of aryl methyl sites for hydroxylation is 4. The average Bonchev–Trinajstić information content (AvgIpc) is 2.59. The number of rotatable bonds is 0. The van der Waals surface area contributed by atoms with Gasteiger partial charge in [0, 0.05) is 30.4 Å². The summed E-state index contributed by atoms with van der Waals surface area (Å²) in [5.74, 6) is 0. The third-order valence-electron chi connectivity index (χ3n) is 5.49. The number of benzene rings is 4. The molecule has 0 saturated heterocycles. The molecule has 0 aromatic heterocycles. The molecule has 4 aromatic carbocycles. The van der Waals surface area contributed by atoms with Crippen molar-refractivity contribution in [3.63, 3.8) is 0 Å². The molecule has 0 nitrogen and oxygen atoms in total. The molecule has 0 heterocycles. The Bertz CT molecular complexity index is 1060. The first-order chi connectivity index (χ1) is 12.2. The molecular formula is C22H20S4. The van der Waals surface area contributed by atoms with Crippen molar-refractivity contribution in [1.29, 1.82) is 0 Å². The van der Waals surface area contributed by atoms with Crippen molar-refractivity contribution in [1.82, 2.24) is 0 Å². The lowest BCUT2D eigenvalue weighted by molar-refractivity contribution is 1.33.